The summed E-state index contributed by atoms with van der Waals surface area (Å²) in [6.07, 6.45) is 13.6. The molecule has 0 saturated heterocycles. The minimum atomic E-state index is -1.67. The van der Waals surface area contributed by atoms with Gasteiger partial charge in [-0.3, -0.25) is 4.79 Å². The monoisotopic (exact) mass is 314 g/mol. The second-order valence-corrected chi connectivity index (χ2v) is 11.9. The van der Waals surface area contributed by atoms with Crippen LogP contribution < -0.4 is 0 Å². The molecule has 0 rings (SSSR count). The molecule has 0 aromatic heterocycles. The van der Waals surface area contributed by atoms with Crippen LogP contribution in [0, 0.1) is 5.92 Å². The summed E-state index contributed by atoms with van der Waals surface area (Å²) >= 11 is 0. The minimum absolute atomic E-state index is 0.0132. The van der Waals surface area contributed by atoms with Crippen molar-refractivity contribution in [2.45, 2.75) is 104 Å². The Kier molecular flexibility index (Phi) is 12.1. The predicted molar refractivity (Wildman–Crippen MR) is 95.1 cm³/mol. The van der Waals surface area contributed by atoms with E-state index < -0.39 is 8.32 Å². The van der Waals surface area contributed by atoms with Crippen molar-refractivity contribution in [3.63, 3.8) is 0 Å². The summed E-state index contributed by atoms with van der Waals surface area (Å²) in [7, 11) is -1.67. The van der Waals surface area contributed by atoms with Gasteiger partial charge in [0.2, 0.25) is 8.32 Å². The lowest BCUT2D eigenvalue weighted by Gasteiger charge is -2.17. The van der Waals surface area contributed by atoms with E-state index in [9.17, 15) is 4.79 Å². The maximum Gasteiger partial charge on any atom is 0.292 e. The zero-order valence-corrected chi connectivity index (χ0v) is 16.2. The first-order chi connectivity index (χ1) is 9.85. The van der Waals surface area contributed by atoms with Crippen molar-refractivity contribution in [3.8, 4) is 0 Å². The number of hydrogen-bond acceptors (Lipinski definition) is 2. The highest BCUT2D eigenvalue weighted by molar-refractivity contribution is 6.71. The third-order valence-electron chi connectivity index (χ3n) is 3.94. The van der Waals surface area contributed by atoms with Gasteiger partial charge in [-0.1, -0.05) is 71.6 Å². The molecule has 1 unspecified atom stereocenters. The molecule has 126 valence electrons. The van der Waals surface area contributed by atoms with Crippen LogP contribution in [0.3, 0.4) is 0 Å². The van der Waals surface area contributed by atoms with E-state index in [2.05, 4.69) is 33.5 Å². The lowest BCUT2D eigenvalue weighted by Crippen LogP contribution is -2.28. The van der Waals surface area contributed by atoms with Gasteiger partial charge in [0.1, 0.15) is 0 Å². The van der Waals surface area contributed by atoms with Gasteiger partial charge in [0.05, 0.1) is 0 Å². The van der Waals surface area contributed by atoms with Crippen molar-refractivity contribution in [2.24, 2.45) is 5.92 Å². The molecule has 0 spiro atoms. The number of carbonyl (C=O) groups is 1. The molecule has 0 bridgehead atoms. The standard InChI is InChI=1S/C18H38O2Si/c1-6-17(2)15-13-11-9-7-8-10-12-14-16-18(19)20-21(3,4)5/h17H,6-16H2,1-5H3. The molecule has 3 heteroatoms. The summed E-state index contributed by atoms with van der Waals surface area (Å²) in [6, 6.07) is 0. The van der Waals surface area contributed by atoms with Gasteiger partial charge in [0, 0.05) is 6.42 Å². The van der Waals surface area contributed by atoms with Gasteiger partial charge in [0.15, 0.2) is 0 Å². The normalized spacial score (nSPS) is 13.2. The largest absolute Gasteiger partial charge is 0.520 e. The molecule has 0 fully saturated rings. The molecular weight excluding hydrogens is 276 g/mol. The van der Waals surface area contributed by atoms with Gasteiger partial charge >= 0.3 is 0 Å². The molecule has 0 aliphatic rings. The highest BCUT2D eigenvalue weighted by atomic mass is 28.4. The van der Waals surface area contributed by atoms with Crippen LogP contribution in [0.5, 0.6) is 0 Å². The summed E-state index contributed by atoms with van der Waals surface area (Å²) in [5, 5.41) is 0. The van der Waals surface area contributed by atoms with Gasteiger partial charge in [-0.2, -0.15) is 0 Å². The van der Waals surface area contributed by atoms with Gasteiger partial charge in [-0.25, -0.2) is 0 Å². The maximum atomic E-state index is 11.6. The molecule has 0 N–H and O–H groups in total. The number of carbonyl (C=O) groups excluding carboxylic acids is 1. The minimum Gasteiger partial charge on any atom is -0.520 e. The summed E-state index contributed by atoms with van der Waals surface area (Å²) in [5.74, 6) is 0.917. The van der Waals surface area contributed by atoms with Gasteiger partial charge in [0.25, 0.3) is 5.97 Å². The molecule has 0 aliphatic carbocycles. The van der Waals surface area contributed by atoms with E-state index >= 15 is 0 Å². The smallest absolute Gasteiger partial charge is 0.292 e. The first-order valence-corrected chi connectivity index (χ1v) is 12.5. The van der Waals surface area contributed by atoms with Crippen molar-refractivity contribution in [1.29, 1.82) is 0 Å². The second kappa shape index (κ2) is 12.3. The van der Waals surface area contributed by atoms with Crippen molar-refractivity contribution in [1.82, 2.24) is 0 Å². The van der Waals surface area contributed by atoms with Crippen LogP contribution in [0.2, 0.25) is 19.6 Å². The second-order valence-electron chi connectivity index (χ2n) is 7.47. The van der Waals surface area contributed by atoms with E-state index in [4.69, 9.17) is 4.43 Å². The average Bonchev–Trinajstić information content (AvgIpc) is 2.38. The quantitative estimate of drug-likeness (QED) is 0.294. The Morgan fingerprint density at radius 2 is 1.38 bits per heavy atom. The highest BCUT2D eigenvalue weighted by Gasteiger charge is 2.19. The van der Waals surface area contributed by atoms with Crippen LogP contribution in [-0.2, 0) is 9.22 Å². The van der Waals surface area contributed by atoms with E-state index in [0.29, 0.717) is 6.42 Å². The Morgan fingerprint density at radius 1 is 0.905 bits per heavy atom. The van der Waals surface area contributed by atoms with E-state index in [1.807, 2.05) is 0 Å². The Balaban J connectivity index is 3.24. The number of hydrogen-bond donors (Lipinski definition) is 0. The topological polar surface area (TPSA) is 26.3 Å². The highest BCUT2D eigenvalue weighted by Crippen LogP contribution is 2.15. The van der Waals surface area contributed by atoms with Crippen LogP contribution in [0.1, 0.15) is 84.5 Å². The molecule has 1 atom stereocenters. The molecule has 0 aromatic rings. The summed E-state index contributed by atoms with van der Waals surface area (Å²) in [4.78, 5) is 11.6. The van der Waals surface area contributed by atoms with Crippen LogP contribution in [0.15, 0.2) is 0 Å². The Bertz CT molecular complexity index is 258. The van der Waals surface area contributed by atoms with Crippen molar-refractivity contribution >= 4 is 14.3 Å². The van der Waals surface area contributed by atoms with E-state index in [1.54, 1.807) is 0 Å². The Morgan fingerprint density at radius 3 is 1.86 bits per heavy atom. The van der Waals surface area contributed by atoms with Crippen molar-refractivity contribution in [3.05, 3.63) is 0 Å². The molecule has 0 aromatic carbocycles. The molecule has 0 radical (unpaired) electrons. The third-order valence-corrected chi connectivity index (χ3v) is 4.78. The van der Waals surface area contributed by atoms with Gasteiger partial charge in [-0.15, -0.1) is 0 Å². The SMILES string of the molecule is CCC(C)CCCCCCCCCCC(=O)O[Si](C)(C)C. The van der Waals surface area contributed by atoms with Crippen LogP contribution in [0.4, 0.5) is 0 Å². The fourth-order valence-corrected chi connectivity index (χ4v) is 3.20. The third kappa shape index (κ3) is 15.9. The molecule has 0 amide bonds. The first kappa shape index (κ1) is 20.7. The Hall–Kier alpha value is -0.313. The fourth-order valence-electron chi connectivity index (χ4n) is 2.42. The zero-order valence-electron chi connectivity index (χ0n) is 15.2. The van der Waals surface area contributed by atoms with E-state index in [1.165, 1.54) is 57.8 Å². The van der Waals surface area contributed by atoms with Gasteiger partial charge in [-0.05, 0) is 32.0 Å². The van der Waals surface area contributed by atoms with Crippen LogP contribution in [0.25, 0.3) is 0 Å². The number of rotatable bonds is 13. The van der Waals surface area contributed by atoms with Crippen LogP contribution >= 0.6 is 0 Å². The van der Waals surface area contributed by atoms with Crippen molar-refractivity contribution in [2.75, 3.05) is 0 Å². The lowest BCUT2D eigenvalue weighted by atomic mass is 9.99. The Labute approximate surface area is 134 Å². The predicted octanol–water partition coefficient (Wildman–Crippen LogP) is 6.31. The summed E-state index contributed by atoms with van der Waals surface area (Å²) in [5.41, 5.74) is 0. The molecule has 2 nitrogen and oxygen atoms in total. The molecular formula is C18H38O2Si. The van der Waals surface area contributed by atoms with E-state index in [0.717, 1.165) is 12.3 Å². The molecule has 0 saturated carbocycles. The van der Waals surface area contributed by atoms with Crippen molar-refractivity contribution < 1.29 is 9.22 Å². The lowest BCUT2D eigenvalue weighted by molar-refractivity contribution is -0.135. The van der Waals surface area contributed by atoms with Gasteiger partial charge < -0.3 is 4.43 Å². The average molecular weight is 315 g/mol. The molecule has 21 heavy (non-hydrogen) atoms. The summed E-state index contributed by atoms with van der Waals surface area (Å²) in [6.45, 7) is 10.8. The molecule has 0 heterocycles. The van der Waals surface area contributed by atoms with E-state index in [-0.39, 0.29) is 5.97 Å². The zero-order chi connectivity index (χ0) is 16.1. The fraction of sp³-hybridized carbons (Fsp3) is 0.944. The van der Waals surface area contributed by atoms with Crippen LogP contribution in [-0.4, -0.2) is 14.3 Å². The summed E-state index contributed by atoms with van der Waals surface area (Å²) < 4.78 is 5.44. The maximum absolute atomic E-state index is 11.6. The molecule has 0 aliphatic heterocycles. The first-order valence-electron chi connectivity index (χ1n) is 9.07. The number of unbranched alkanes of at least 4 members (excludes halogenated alkanes) is 7.